The van der Waals surface area contributed by atoms with Crippen molar-refractivity contribution in [3.05, 3.63) is 0 Å². The van der Waals surface area contributed by atoms with Gasteiger partial charge in [0.05, 0.1) is 18.5 Å². The molecule has 0 saturated carbocycles. The highest BCUT2D eigenvalue weighted by atomic mass is 32.2. The average Bonchev–Trinajstić information content (AvgIpc) is 2.14. The van der Waals surface area contributed by atoms with E-state index in [2.05, 4.69) is 5.32 Å². The Kier molecular flexibility index (Phi) is 7.08. The second kappa shape index (κ2) is 7.16. The number of nitrogens with one attached hydrogen (secondary N) is 1. The molecular formula is C9H22N2O3S. The van der Waals surface area contributed by atoms with Crippen LogP contribution >= 0.6 is 0 Å². The fraction of sp³-hybridized carbons (Fsp3) is 1.00. The van der Waals surface area contributed by atoms with Gasteiger partial charge in [0.2, 0.25) is 10.0 Å². The lowest BCUT2D eigenvalue weighted by atomic mass is 10.5. The Morgan fingerprint density at radius 2 is 2.00 bits per heavy atom. The second-order valence-electron chi connectivity index (χ2n) is 3.66. The molecule has 0 heterocycles. The number of sulfonamides is 1. The molecule has 0 aliphatic carbocycles. The summed E-state index contributed by atoms with van der Waals surface area (Å²) in [4.78, 5) is 0. The highest BCUT2D eigenvalue weighted by Gasteiger charge is 2.16. The van der Waals surface area contributed by atoms with Crippen LogP contribution in [0.3, 0.4) is 0 Å². The zero-order valence-corrected chi connectivity index (χ0v) is 10.8. The maximum Gasteiger partial charge on any atom is 0.215 e. The van der Waals surface area contributed by atoms with Crippen molar-refractivity contribution in [1.29, 1.82) is 0 Å². The monoisotopic (exact) mass is 238 g/mol. The smallest absolute Gasteiger partial charge is 0.215 e. The lowest BCUT2D eigenvalue weighted by Gasteiger charge is -2.17. The molecule has 0 radical (unpaired) electrons. The van der Waals surface area contributed by atoms with Crippen molar-refractivity contribution in [2.45, 2.75) is 20.0 Å². The molecule has 5 nitrogen and oxygen atoms in total. The molecule has 0 bridgehead atoms. The minimum absolute atomic E-state index is 0.127. The molecule has 0 fully saturated rings. The quantitative estimate of drug-likeness (QED) is 0.641. The summed E-state index contributed by atoms with van der Waals surface area (Å²) in [5.41, 5.74) is 0. The van der Waals surface area contributed by atoms with Crippen molar-refractivity contribution < 1.29 is 13.2 Å². The number of hydrogen-bond acceptors (Lipinski definition) is 4. The summed E-state index contributed by atoms with van der Waals surface area (Å²) in [6, 6.07) is 0. The Labute approximate surface area is 92.8 Å². The van der Waals surface area contributed by atoms with Gasteiger partial charge < -0.3 is 10.1 Å². The lowest BCUT2D eigenvalue weighted by molar-refractivity contribution is 0.0737. The molecule has 0 aromatic carbocycles. The van der Waals surface area contributed by atoms with Gasteiger partial charge in [-0.3, -0.25) is 0 Å². The topological polar surface area (TPSA) is 58.6 Å². The first-order chi connectivity index (χ1) is 6.90. The van der Waals surface area contributed by atoms with E-state index in [1.165, 1.54) is 4.31 Å². The molecule has 92 valence electrons. The van der Waals surface area contributed by atoms with Crippen LogP contribution in [0.25, 0.3) is 0 Å². The molecule has 0 saturated heterocycles. The van der Waals surface area contributed by atoms with E-state index in [0.29, 0.717) is 19.7 Å². The second-order valence-corrected chi connectivity index (χ2v) is 5.86. The largest absolute Gasteiger partial charge is 0.377 e. The average molecular weight is 238 g/mol. The van der Waals surface area contributed by atoms with Crippen molar-refractivity contribution in [3.8, 4) is 0 Å². The van der Waals surface area contributed by atoms with E-state index in [4.69, 9.17) is 4.74 Å². The van der Waals surface area contributed by atoms with E-state index in [0.717, 1.165) is 0 Å². The molecule has 0 unspecified atom stereocenters. The van der Waals surface area contributed by atoms with Crippen LogP contribution in [0.1, 0.15) is 13.8 Å². The van der Waals surface area contributed by atoms with Crippen molar-refractivity contribution in [1.82, 2.24) is 9.62 Å². The van der Waals surface area contributed by atoms with Gasteiger partial charge in [0.15, 0.2) is 0 Å². The number of rotatable bonds is 8. The van der Waals surface area contributed by atoms with E-state index < -0.39 is 10.0 Å². The van der Waals surface area contributed by atoms with E-state index in [9.17, 15) is 8.42 Å². The number of hydrogen-bond donors (Lipinski definition) is 1. The summed E-state index contributed by atoms with van der Waals surface area (Å²) in [7, 11) is 0.182. The van der Waals surface area contributed by atoms with Crippen LogP contribution in [0, 0.1) is 0 Å². The standard InChI is InChI=1S/C9H22N2O3S/c1-9(2)14-7-6-11(4)15(12,13)8-5-10-3/h9-10H,5-8H2,1-4H3. The van der Waals surface area contributed by atoms with Gasteiger partial charge in [-0.1, -0.05) is 0 Å². The molecule has 0 aliphatic heterocycles. The molecule has 1 N–H and O–H groups in total. The van der Waals surface area contributed by atoms with Crippen LogP contribution in [0.15, 0.2) is 0 Å². The van der Waals surface area contributed by atoms with Gasteiger partial charge in [0, 0.05) is 20.1 Å². The van der Waals surface area contributed by atoms with Gasteiger partial charge in [-0.2, -0.15) is 0 Å². The highest BCUT2D eigenvalue weighted by Crippen LogP contribution is 1.98. The highest BCUT2D eigenvalue weighted by molar-refractivity contribution is 7.89. The Morgan fingerprint density at radius 3 is 2.47 bits per heavy atom. The fourth-order valence-electron chi connectivity index (χ4n) is 0.943. The molecular weight excluding hydrogens is 216 g/mol. The molecule has 0 rings (SSSR count). The van der Waals surface area contributed by atoms with Gasteiger partial charge in [-0.05, 0) is 20.9 Å². The Balaban J connectivity index is 3.91. The van der Waals surface area contributed by atoms with Crippen LogP contribution in [0.5, 0.6) is 0 Å². The molecule has 15 heavy (non-hydrogen) atoms. The predicted octanol–water partition coefficient (Wildman–Crippen LogP) is -0.108. The Bertz CT molecular complexity index is 252. The maximum atomic E-state index is 11.6. The zero-order valence-electron chi connectivity index (χ0n) is 9.99. The maximum absolute atomic E-state index is 11.6. The normalized spacial score (nSPS) is 12.7. The Morgan fingerprint density at radius 1 is 1.40 bits per heavy atom. The van der Waals surface area contributed by atoms with Crippen LogP contribution in [-0.4, -0.2) is 58.4 Å². The van der Waals surface area contributed by atoms with Gasteiger partial charge >= 0.3 is 0 Å². The third-order valence-electron chi connectivity index (χ3n) is 1.94. The number of ether oxygens (including phenoxy) is 1. The summed E-state index contributed by atoms with van der Waals surface area (Å²) in [6.45, 7) is 5.17. The van der Waals surface area contributed by atoms with Crippen molar-refractivity contribution in [2.75, 3.05) is 39.5 Å². The van der Waals surface area contributed by atoms with Crippen LogP contribution in [0.2, 0.25) is 0 Å². The first kappa shape index (κ1) is 14.8. The van der Waals surface area contributed by atoms with Gasteiger partial charge in [0.25, 0.3) is 0 Å². The van der Waals surface area contributed by atoms with Crippen LogP contribution in [0.4, 0.5) is 0 Å². The molecule has 0 aromatic rings. The van der Waals surface area contributed by atoms with Gasteiger partial charge in [-0.15, -0.1) is 0 Å². The van der Waals surface area contributed by atoms with E-state index in [1.807, 2.05) is 13.8 Å². The summed E-state index contributed by atoms with van der Waals surface area (Å²) < 4.78 is 29.8. The van der Waals surface area contributed by atoms with E-state index in [1.54, 1.807) is 14.1 Å². The predicted molar refractivity (Wildman–Crippen MR) is 61.4 cm³/mol. The molecule has 0 aromatic heterocycles. The first-order valence-corrected chi connectivity index (χ1v) is 6.71. The minimum atomic E-state index is -3.13. The Hall–Kier alpha value is -0.170. The van der Waals surface area contributed by atoms with Gasteiger partial charge in [-0.25, -0.2) is 12.7 Å². The van der Waals surface area contributed by atoms with Crippen LogP contribution < -0.4 is 5.32 Å². The fourth-order valence-corrected chi connectivity index (χ4v) is 2.07. The molecule has 6 heteroatoms. The van der Waals surface area contributed by atoms with E-state index in [-0.39, 0.29) is 11.9 Å². The SMILES string of the molecule is CNCCS(=O)(=O)N(C)CCOC(C)C. The zero-order chi connectivity index (χ0) is 11.9. The lowest BCUT2D eigenvalue weighted by Crippen LogP contribution is -2.35. The summed E-state index contributed by atoms with van der Waals surface area (Å²) in [5, 5.41) is 2.82. The van der Waals surface area contributed by atoms with Crippen LogP contribution in [-0.2, 0) is 14.8 Å². The summed E-state index contributed by atoms with van der Waals surface area (Å²) >= 11 is 0. The van der Waals surface area contributed by atoms with E-state index >= 15 is 0 Å². The van der Waals surface area contributed by atoms with Gasteiger partial charge in [0.1, 0.15) is 0 Å². The third-order valence-corrected chi connectivity index (χ3v) is 3.79. The summed E-state index contributed by atoms with van der Waals surface area (Å²) in [5.74, 6) is 0.127. The molecule has 0 amide bonds. The number of nitrogens with zero attached hydrogens (tertiary/aromatic N) is 1. The molecule has 0 atom stereocenters. The molecule has 0 spiro atoms. The minimum Gasteiger partial charge on any atom is -0.377 e. The first-order valence-electron chi connectivity index (χ1n) is 5.10. The van der Waals surface area contributed by atoms with Crippen molar-refractivity contribution in [2.24, 2.45) is 0 Å². The molecule has 0 aliphatic rings. The summed E-state index contributed by atoms with van der Waals surface area (Å²) in [6.07, 6.45) is 0.137. The van der Waals surface area contributed by atoms with Crippen molar-refractivity contribution in [3.63, 3.8) is 0 Å². The number of likely N-dealkylation sites (N-methyl/N-ethyl adjacent to an activating group) is 1. The third kappa shape index (κ3) is 6.83. The van der Waals surface area contributed by atoms with Crippen molar-refractivity contribution >= 4 is 10.0 Å².